The van der Waals surface area contributed by atoms with Crippen LogP contribution in [0.1, 0.15) is 46.5 Å². The Morgan fingerprint density at radius 1 is 1.32 bits per heavy atom. The van der Waals surface area contributed by atoms with E-state index >= 15 is 4.39 Å². The molecule has 4 aliphatic rings. The Hall–Kier alpha value is -1.37. The standard InChI is InChI=1S/C22H29FO5/c1-12-8-16-15-5-4-13-9-14(25)6-7-19(13,2)21(15,23)17(26)10-20(16,3)22(12,28)18(27)11-24/h6-7,9,12,15-17,24,26,28H,4-5,8,10-11H2,1-3H3/t12-,15+,16+,17+,19?,20?,21+,22+/m1/s1. The van der Waals surface area contributed by atoms with Crippen LogP contribution in [0.3, 0.4) is 0 Å². The molecule has 28 heavy (non-hydrogen) atoms. The van der Waals surface area contributed by atoms with Gasteiger partial charge in [0.2, 0.25) is 0 Å². The number of aliphatic hydroxyl groups excluding tert-OH is 2. The highest BCUT2D eigenvalue weighted by Crippen LogP contribution is 2.70. The lowest BCUT2D eigenvalue weighted by molar-refractivity contribution is -0.219. The van der Waals surface area contributed by atoms with E-state index in [2.05, 4.69) is 0 Å². The summed E-state index contributed by atoms with van der Waals surface area (Å²) >= 11 is 0. The predicted octanol–water partition coefficient (Wildman–Crippen LogP) is 1.90. The van der Waals surface area contributed by atoms with Gasteiger partial charge in [0.15, 0.2) is 17.2 Å². The Labute approximate surface area is 164 Å². The summed E-state index contributed by atoms with van der Waals surface area (Å²) in [6, 6.07) is 0. The van der Waals surface area contributed by atoms with Crippen molar-refractivity contribution >= 4 is 11.6 Å². The number of rotatable bonds is 2. The lowest BCUT2D eigenvalue weighted by Gasteiger charge is -2.62. The van der Waals surface area contributed by atoms with Crippen molar-refractivity contribution in [1.29, 1.82) is 0 Å². The number of aliphatic hydroxyl groups is 3. The van der Waals surface area contributed by atoms with E-state index in [0.29, 0.717) is 24.8 Å². The highest BCUT2D eigenvalue weighted by molar-refractivity contribution is 6.01. The number of ketones is 2. The molecule has 5 nitrogen and oxygen atoms in total. The third kappa shape index (κ3) is 2.01. The van der Waals surface area contributed by atoms with E-state index in [-0.39, 0.29) is 18.1 Å². The third-order valence-electron chi connectivity index (χ3n) is 8.79. The van der Waals surface area contributed by atoms with Crippen molar-refractivity contribution in [3.05, 3.63) is 23.8 Å². The molecule has 0 aliphatic heterocycles. The van der Waals surface area contributed by atoms with Crippen molar-refractivity contribution in [2.24, 2.45) is 28.6 Å². The van der Waals surface area contributed by atoms with Gasteiger partial charge in [-0.15, -0.1) is 0 Å². The van der Waals surface area contributed by atoms with E-state index in [1.807, 2.05) is 0 Å². The maximum atomic E-state index is 16.9. The molecule has 2 unspecified atom stereocenters. The fraction of sp³-hybridized carbons (Fsp3) is 0.727. The summed E-state index contributed by atoms with van der Waals surface area (Å²) < 4.78 is 16.9. The first-order valence-electron chi connectivity index (χ1n) is 10.1. The van der Waals surface area contributed by atoms with Crippen LogP contribution < -0.4 is 0 Å². The summed E-state index contributed by atoms with van der Waals surface area (Å²) in [5, 5.41) is 32.0. The van der Waals surface area contributed by atoms with E-state index in [1.165, 1.54) is 12.2 Å². The molecular weight excluding hydrogens is 363 g/mol. The van der Waals surface area contributed by atoms with Gasteiger partial charge in [0, 0.05) is 16.7 Å². The topological polar surface area (TPSA) is 94.8 Å². The van der Waals surface area contributed by atoms with Crippen LogP contribution in [0.15, 0.2) is 23.8 Å². The Morgan fingerprint density at radius 3 is 2.64 bits per heavy atom. The molecule has 4 rings (SSSR count). The molecule has 0 bridgehead atoms. The molecule has 6 heteroatoms. The van der Waals surface area contributed by atoms with Crippen molar-refractivity contribution in [3.8, 4) is 0 Å². The molecule has 3 saturated carbocycles. The van der Waals surface area contributed by atoms with Crippen molar-refractivity contribution in [1.82, 2.24) is 0 Å². The number of halogens is 1. The Morgan fingerprint density at radius 2 is 2.00 bits per heavy atom. The van der Waals surface area contributed by atoms with Crippen LogP contribution in [0, 0.1) is 28.6 Å². The second-order valence-electron chi connectivity index (χ2n) is 9.75. The zero-order chi connectivity index (χ0) is 20.7. The van der Waals surface area contributed by atoms with Gasteiger partial charge < -0.3 is 15.3 Å². The van der Waals surface area contributed by atoms with E-state index in [1.54, 1.807) is 26.8 Å². The van der Waals surface area contributed by atoms with E-state index < -0.39 is 52.4 Å². The van der Waals surface area contributed by atoms with Gasteiger partial charge in [-0.3, -0.25) is 9.59 Å². The molecule has 0 aromatic rings. The van der Waals surface area contributed by atoms with Gasteiger partial charge in [-0.2, -0.15) is 0 Å². The van der Waals surface area contributed by atoms with Crippen LogP contribution in [0.5, 0.6) is 0 Å². The summed E-state index contributed by atoms with van der Waals surface area (Å²) in [4.78, 5) is 24.4. The van der Waals surface area contributed by atoms with Crippen LogP contribution >= 0.6 is 0 Å². The molecule has 0 aromatic heterocycles. The van der Waals surface area contributed by atoms with Gasteiger partial charge in [0.25, 0.3) is 0 Å². The lowest BCUT2D eigenvalue weighted by atomic mass is 9.44. The molecular formula is C22H29FO5. The van der Waals surface area contributed by atoms with Gasteiger partial charge >= 0.3 is 0 Å². The number of Topliss-reactive ketones (excluding diaryl/α,β-unsaturated/α-hetero) is 1. The van der Waals surface area contributed by atoms with Crippen LogP contribution in [-0.4, -0.2) is 50.9 Å². The normalized spacial score (nSPS) is 52.5. The number of fused-ring (bicyclic) bond motifs is 5. The van der Waals surface area contributed by atoms with E-state index in [0.717, 1.165) is 0 Å². The number of alkyl halides is 1. The molecule has 8 atom stereocenters. The smallest absolute Gasteiger partial charge is 0.190 e. The minimum Gasteiger partial charge on any atom is -0.390 e. The number of carbonyl (C=O) groups is 2. The van der Waals surface area contributed by atoms with Crippen molar-refractivity contribution in [2.45, 2.75) is 63.8 Å². The van der Waals surface area contributed by atoms with Gasteiger partial charge in [-0.05, 0) is 56.6 Å². The summed E-state index contributed by atoms with van der Waals surface area (Å²) in [7, 11) is 0. The minimum atomic E-state index is -1.98. The van der Waals surface area contributed by atoms with Gasteiger partial charge in [0.05, 0.1) is 6.10 Å². The highest BCUT2D eigenvalue weighted by Gasteiger charge is 2.75. The molecule has 0 amide bonds. The molecule has 4 aliphatic carbocycles. The van der Waals surface area contributed by atoms with E-state index in [9.17, 15) is 24.9 Å². The average molecular weight is 392 g/mol. The van der Waals surface area contributed by atoms with Crippen molar-refractivity contribution in [2.75, 3.05) is 6.61 Å². The molecule has 0 saturated heterocycles. The van der Waals surface area contributed by atoms with Crippen LogP contribution in [-0.2, 0) is 9.59 Å². The highest BCUT2D eigenvalue weighted by atomic mass is 19.1. The van der Waals surface area contributed by atoms with Crippen LogP contribution in [0.2, 0.25) is 0 Å². The molecule has 0 heterocycles. The Kier molecular flexibility index (Phi) is 4.15. The van der Waals surface area contributed by atoms with E-state index in [4.69, 9.17) is 0 Å². The van der Waals surface area contributed by atoms with Crippen molar-refractivity contribution < 1.29 is 29.3 Å². The summed E-state index contributed by atoms with van der Waals surface area (Å²) in [5.74, 6) is -2.12. The maximum Gasteiger partial charge on any atom is 0.190 e. The van der Waals surface area contributed by atoms with Crippen LogP contribution in [0.25, 0.3) is 0 Å². The fourth-order valence-corrected chi connectivity index (χ4v) is 7.26. The number of hydrogen-bond acceptors (Lipinski definition) is 5. The zero-order valence-electron chi connectivity index (χ0n) is 16.6. The summed E-state index contributed by atoms with van der Waals surface area (Å²) in [6.07, 6.45) is 4.44. The number of hydrogen-bond donors (Lipinski definition) is 3. The van der Waals surface area contributed by atoms with Gasteiger partial charge in [0.1, 0.15) is 12.2 Å². The number of carbonyl (C=O) groups excluding carboxylic acids is 2. The van der Waals surface area contributed by atoms with Gasteiger partial charge in [-0.1, -0.05) is 25.5 Å². The predicted molar refractivity (Wildman–Crippen MR) is 99.9 cm³/mol. The fourth-order valence-electron chi connectivity index (χ4n) is 7.26. The first kappa shape index (κ1) is 19.9. The maximum absolute atomic E-state index is 16.9. The first-order chi connectivity index (χ1) is 13.0. The average Bonchev–Trinajstić information content (AvgIpc) is 2.84. The first-order valence-corrected chi connectivity index (χ1v) is 10.1. The Bertz CT molecular complexity index is 805. The molecule has 3 N–H and O–H groups in total. The molecule has 0 spiro atoms. The minimum absolute atomic E-state index is 0.0676. The molecule has 3 fully saturated rings. The second-order valence-corrected chi connectivity index (χ2v) is 9.75. The monoisotopic (exact) mass is 392 g/mol. The SMILES string of the molecule is C[C@@H]1C[C@H]2[C@@H]3CCC4=CC(=O)C=CC4(C)[C@@]3(F)[C@@H](O)CC2(C)[C@@]1(O)C(=O)CO. The molecule has 154 valence electrons. The lowest BCUT2D eigenvalue weighted by Crippen LogP contribution is -2.69. The summed E-state index contributed by atoms with van der Waals surface area (Å²) in [5.41, 5.74) is -5.17. The quantitative estimate of drug-likeness (QED) is 0.667. The molecule has 0 aromatic carbocycles. The van der Waals surface area contributed by atoms with Crippen LogP contribution in [0.4, 0.5) is 4.39 Å². The largest absolute Gasteiger partial charge is 0.390 e. The van der Waals surface area contributed by atoms with Crippen molar-refractivity contribution in [3.63, 3.8) is 0 Å². The third-order valence-corrected chi connectivity index (χ3v) is 8.79. The zero-order valence-corrected chi connectivity index (χ0v) is 16.6. The Balaban J connectivity index is 1.84. The molecule has 0 radical (unpaired) electrons. The number of allylic oxidation sites excluding steroid dienone is 4. The van der Waals surface area contributed by atoms with Gasteiger partial charge in [-0.25, -0.2) is 4.39 Å². The summed E-state index contributed by atoms with van der Waals surface area (Å²) in [6.45, 7) is 4.48. The second kappa shape index (κ2) is 5.83.